The second kappa shape index (κ2) is 6.28. The van der Waals surface area contributed by atoms with Gasteiger partial charge in [0.25, 0.3) is 0 Å². The van der Waals surface area contributed by atoms with Gasteiger partial charge < -0.3 is 5.32 Å². The highest BCUT2D eigenvalue weighted by Crippen LogP contribution is 2.39. The van der Waals surface area contributed by atoms with Crippen molar-refractivity contribution in [1.82, 2.24) is 5.32 Å². The molecule has 2 aromatic carbocycles. The van der Waals surface area contributed by atoms with Gasteiger partial charge in [0.1, 0.15) is 0 Å². The fourth-order valence-corrected chi connectivity index (χ4v) is 3.62. The van der Waals surface area contributed by atoms with Gasteiger partial charge in [0.15, 0.2) is 0 Å². The van der Waals surface area contributed by atoms with Crippen molar-refractivity contribution in [2.75, 3.05) is 6.54 Å². The summed E-state index contributed by atoms with van der Waals surface area (Å²) in [6, 6.07) is 22.0. The average Bonchev–Trinajstić information content (AvgIpc) is 2.59. The molecule has 1 aliphatic heterocycles. The number of benzene rings is 2. The van der Waals surface area contributed by atoms with Crippen LogP contribution in [0.3, 0.4) is 0 Å². The predicted molar refractivity (Wildman–Crippen MR) is 89.5 cm³/mol. The Kier molecular flexibility index (Phi) is 4.21. The maximum Gasteiger partial charge on any atom is 0.0532 e. The SMILES string of the molecule is C=CC(c1ccccc1)(c1ccccc1)C1CCCCN1. The van der Waals surface area contributed by atoms with Crippen LogP contribution < -0.4 is 5.32 Å². The minimum atomic E-state index is -0.150. The van der Waals surface area contributed by atoms with Crippen LogP contribution in [0.1, 0.15) is 30.4 Å². The number of piperidine rings is 1. The van der Waals surface area contributed by atoms with Crippen molar-refractivity contribution >= 4 is 0 Å². The summed E-state index contributed by atoms with van der Waals surface area (Å²) < 4.78 is 0. The lowest BCUT2D eigenvalue weighted by Crippen LogP contribution is -2.50. The first-order valence-corrected chi connectivity index (χ1v) is 7.86. The summed E-state index contributed by atoms with van der Waals surface area (Å²) in [5.74, 6) is 0. The standard InChI is InChI=1S/C20H23N/c1-2-20(17-11-5-3-6-12-17,18-13-7-4-8-14-18)19-15-9-10-16-21-19/h2-8,11-14,19,21H,1,9-10,15-16H2. The molecular weight excluding hydrogens is 254 g/mol. The van der Waals surface area contributed by atoms with Crippen molar-refractivity contribution in [3.05, 3.63) is 84.4 Å². The van der Waals surface area contributed by atoms with Crippen LogP contribution >= 0.6 is 0 Å². The lowest BCUT2D eigenvalue weighted by Gasteiger charge is -2.42. The fraction of sp³-hybridized carbons (Fsp3) is 0.300. The summed E-state index contributed by atoms with van der Waals surface area (Å²) in [5.41, 5.74) is 2.50. The Labute approximate surface area is 127 Å². The van der Waals surface area contributed by atoms with Gasteiger partial charge in [-0.25, -0.2) is 0 Å². The van der Waals surface area contributed by atoms with Gasteiger partial charge in [-0.3, -0.25) is 0 Å². The van der Waals surface area contributed by atoms with E-state index in [1.807, 2.05) is 0 Å². The third kappa shape index (κ3) is 2.54. The second-order valence-corrected chi connectivity index (χ2v) is 5.81. The zero-order chi connectivity index (χ0) is 14.5. The van der Waals surface area contributed by atoms with Gasteiger partial charge in [0.05, 0.1) is 5.41 Å². The fourth-order valence-electron chi connectivity index (χ4n) is 3.62. The van der Waals surface area contributed by atoms with Crippen molar-refractivity contribution in [3.8, 4) is 0 Å². The molecule has 0 spiro atoms. The normalized spacial score (nSPS) is 19.1. The van der Waals surface area contributed by atoms with Crippen LogP contribution in [0.5, 0.6) is 0 Å². The highest BCUT2D eigenvalue weighted by molar-refractivity contribution is 5.46. The molecule has 1 heteroatoms. The zero-order valence-electron chi connectivity index (χ0n) is 12.5. The molecule has 1 aliphatic rings. The van der Waals surface area contributed by atoms with E-state index in [0.717, 1.165) is 6.54 Å². The molecule has 0 radical (unpaired) electrons. The van der Waals surface area contributed by atoms with E-state index in [1.165, 1.54) is 30.4 Å². The molecule has 0 amide bonds. The first-order chi connectivity index (χ1) is 10.4. The first kappa shape index (κ1) is 14.1. The molecule has 2 aromatic rings. The maximum atomic E-state index is 4.22. The third-order valence-corrected chi connectivity index (χ3v) is 4.68. The molecule has 0 saturated carbocycles. The Balaban J connectivity index is 2.15. The van der Waals surface area contributed by atoms with E-state index in [9.17, 15) is 0 Å². The van der Waals surface area contributed by atoms with E-state index >= 15 is 0 Å². The van der Waals surface area contributed by atoms with Crippen molar-refractivity contribution in [2.45, 2.75) is 30.7 Å². The van der Waals surface area contributed by atoms with E-state index < -0.39 is 0 Å². The van der Waals surface area contributed by atoms with E-state index in [2.05, 4.69) is 78.6 Å². The molecular formula is C20H23N. The van der Waals surface area contributed by atoms with E-state index in [4.69, 9.17) is 0 Å². The Bertz CT molecular complexity index is 528. The molecule has 1 saturated heterocycles. The summed E-state index contributed by atoms with van der Waals surface area (Å²) in [4.78, 5) is 0. The number of rotatable bonds is 4. The van der Waals surface area contributed by atoms with Crippen LogP contribution in [0.25, 0.3) is 0 Å². The number of nitrogens with one attached hydrogen (secondary N) is 1. The Hall–Kier alpha value is -1.86. The largest absolute Gasteiger partial charge is 0.312 e. The van der Waals surface area contributed by atoms with Crippen molar-refractivity contribution in [3.63, 3.8) is 0 Å². The smallest absolute Gasteiger partial charge is 0.0532 e. The van der Waals surface area contributed by atoms with Gasteiger partial charge in [-0.15, -0.1) is 6.58 Å². The average molecular weight is 277 g/mol. The lowest BCUT2D eigenvalue weighted by atomic mass is 9.67. The van der Waals surface area contributed by atoms with Crippen LogP contribution in [-0.4, -0.2) is 12.6 Å². The molecule has 1 nitrogen and oxygen atoms in total. The van der Waals surface area contributed by atoms with Crippen molar-refractivity contribution < 1.29 is 0 Å². The van der Waals surface area contributed by atoms with Gasteiger partial charge in [-0.05, 0) is 30.5 Å². The van der Waals surface area contributed by atoms with Crippen molar-refractivity contribution in [1.29, 1.82) is 0 Å². The second-order valence-electron chi connectivity index (χ2n) is 5.81. The molecule has 0 bridgehead atoms. The van der Waals surface area contributed by atoms with Crippen LogP contribution in [0.15, 0.2) is 73.3 Å². The summed E-state index contributed by atoms with van der Waals surface area (Å²) >= 11 is 0. The molecule has 1 fully saturated rings. The number of hydrogen-bond donors (Lipinski definition) is 1. The predicted octanol–water partition coefficient (Wildman–Crippen LogP) is 4.30. The molecule has 1 unspecified atom stereocenters. The molecule has 1 atom stereocenters. The zero-order valence-corrected chi connectivity index (χ0v) is 12.5. The lowest BCUT2D eigenvalue weighted by molar-refractivity contribution is 0.325. The van der Waals surface area contributed by atoms with Gasteiger partial charge in [0, 0.05) is 6.04 Å². The Morgan fingerprint density at radius 3 is 1.90 bits per heavy atom. The quantitative estimate of drug-likeness (QED) is 0.822. The molecule has 108 valence electrons. The summed E-state index contributed by atoms with van der Waals surface area (Å²) in [7, 11) is 0. The van der Waals surface area contributed by atoms with Crippen LogP contribution in [0.4, 0.5) is 0 Å². The summed E-state index contributed by atoms with van der Waals surface area (Å²) in [5, 5.41) is 3.74. The topological polar surface area (TPSA) is 12.0 Å². The van der Waals surface area contributed by atoms with Crippen LogP contribution in [0, 0.1) is 0 Å². The summed E-state index contributed by atoms with van der Waals surface area (Å²) in [6.45, 7) is 5.32. The van der Waals surface area contributed by atoms with Crippen LogP contribution in [0.2, 0.25) is 0 Å². The van der Waals surface area contributed by atoms with Gasteiger partial charge >= 0.3 is 0 Å². The first-order valence-electron chi connectivity index (χ1n) is 7.86. The van der Waals surface area contributed by atoms with Crippen LogP contribution in [-0.2, 0) is 5.41 Å². The monoisotopic (exact) mass is 277 g/mol. The van der Waals surface area contributed by atoms with E-state index in [0.29, 0.717) is 6.04 Å². The van der Waals surface area contributed by atoms with E-state index in [-0.39, 0.29) is 5.41 Å². The minimum Gasteiger partial charge on any atom is -0.312 e. The molecule has 3 rings (SSSR count). The van der Waals surface area contributed by atoms with Gasteiger partial charge in [0.2, 0.25) is 0 Å². The Morgan fingerprint density at radius 2 is 1.48 bits per heavy atom. The summed E-state index contributed by atoms with van der Waals surface area (Å²) in [6.07, 6.45) is 5.89. The molecule has 0 aromatic heterocycles. The molecule has 0 aliphatic carbocycles. The molecule has 21 heavy (non-hydrogen) atoms. The molecule has 1 heterocycles. The highest BCUT2D eigenvalue weighted by Gasteiger charge is 2.39. The minimum absolute atomic E-state index is 0.150. The van der Waals surface area contributed by atoms with Crippen molar-refractivity contribution in [2.24, 2.45) is 0 Å². The third-order valence-electron chi connectivity index (χ3n) is 4.68. The highest BCUT2D eigenvalue weighted by atomic mass is 14.9. The number of hydrogen-bond acceptors (Lipinski definition) is 1. The molecule has 1 N–H and O–H groups in total. The van der Waals surface area contributed by atoms with Gasteiger partial charge in [-0.2, -0.15) is 0 Å². The Morgan fingerprint density at radius 1 is 0.905 bits per heavy atom. The van der Waals surface area contributed by atoms with E-state index in [1.54, 1.807) is 0 Å². The van der Waals surface area contributed by atoms with Gasteiger partial charge in [-0.1, -0.05) is 73.2 Å². The maximum absolute atomic E-state index is 4.22.